The SMILES string of the molecule is CC(C)c1ccc2c(C(C)C)cccc2c1.CC(C)c1ccc2ccc(C(C)C)cc2c1.CC(C)c1ccc2cccc(C(C)C)c2c1.CC(C)c1cccc2c(C(C)C)cccc12.CC(C)c1cnc(C(C)C)[nH]1.CC(C)c1cnc(C(C)C)[nH]1.CC(C)c1cnc(C(C)C)s1.CC(C)c1cnc(C(C)C)s1.CC(C)c1csc(C(C)C)n1.CC(C)c1csc(C(C)C)n1. The molecule has 6 aromatic heterocycles. The highest BCUT2D eigenvalue weighted by atomic mass is 32.1. The Bertz CT molecular complexity index is 4890. The molecule has 12 heteroatoms. The monoisotopic (exact) mass is 1830 g/mol. The number of imidazole rings is 2. The van der Waals surface area contributed by atoms with E-state index in [0.717, 1.165) is 11.6 Å². The standard InChI is InChI=1S/4C16H20.2C9H16N2.4C9H15NS/c1-11(2)14-7-5-13-6-8-15(12(3)4)10-16(13)9-14;1-11(2)13-7-5-10-16-14(12(3)4)8-6-9-15(13)16;1-11(2)13-8-9-16-14(10-13)6-5-7-15(16)12(3)4;1-11(2)14-9-8-13-6-5-7-15(12(3)4)16(13)10-14;2*1-6(2)8-5-10-9(11-8)7(3)4;2*1-6(2)8-5-11-9(10-8)7(3)4;2*1-6(2)8-5-10-9(11-8)7(3)4/h4*5-12H,1-4H3;2*5-7H,1-4H3,(H,10,11);4*5-7H,1-4H3. The van der Waals surface area contributed by atoms with Crippen molar-refractivity contribution in [3.63, 3.8) is 0 Å². The van der Waals surface area contributed by atoms with Crippen LogP contribution in [0.1, 0.15) is 504 Å². The van der Waals surface area contributed by atoms with Crippen LogP contribution in [0.25, 0.3) is 43.1 Å². The summed E-state index contributed by atoms with van der Waals surface area (Å²) in [6, 6.07) is 53.9. The first kappa shape index (κ1) is 112. The zero-order valence-corrected chi connectivity index (χ0v) is 91.4. The Balaban J connectivity index is 0.000000257. The Kier molecular flexibility index (Phi) is 47.3. The van der Waals surface area contributed by atoms with Gasteiger partial charge in [0.25, 0.3) is 0 Å². The van der Waals surface area contributed by atoms with Crippen molar-refractivity contribution in [1.82, 2.24) is 39.9 Å². The number of nitrogens with one attached hydrogen (secondary N) is 2. The molecule has 8 nitrogen and oxygen atoms in total. The summed E-state index contributed by atoms with van der Waals surface area (Å²) < 4.78 is 0. The second-order valence-electron chi connectivity index (χ2n) is 41.3. The molecule has 0 saturated heterocycles. The number of benzene rings is 8. The molecule has 130 heavy (non-hydrogen) atoms. The van der Waals surface area contributed by atoms with Crippen molar-refractivity contribution in [2.45, 2.75) is 395 Å². The summed E-state index contributed by atoms with van der Waals surface area (Å²) >= 11 is 7.23. The number of H-pyrrole nitrogens is 2. The Morgan fingerprint density at radius 1 is 0.215 bits per heavy atom. The van der Waals surface area contributed by atoms with Crippen molar-refractivity contribution in [2.75, 3.05) is 0 Å². The van der Waals surface area contributed by atoms with Gasteiger partial charge in [0.15, 0.2) is 0 Å². The van der Waals surface area contributed by atoms with Crippen molar-refractivity contribution in [3.8, 4) is 0 Å². The molecule has 0 aliphatic heterocycles. The van der Waals surface area contributed by atoms with E-state index in [-0.39, 0.29) is 0 Å². The van der Waals surface area contributed by atoms with Crippen molar-refractivity contribution in [2.24, 2.45) is 0 Å². The zero-order valence-electron chi connectivity index (χ0n) is 88.2. The molecule has 0 atom stereocenters. The third-order valence-electron chi connectivity index (χ3n) is 22.9. The lowest BCUT2D eigenvalue weighted by molar-refractivity contribution is 0.771. The average Bonchev–Trinajstić information content (AvgIpc) is 0.979. The molecule has 8 aromatic carbocycles. The van der Waals surface area contributed by atoms with Gasteiger partial charge in [0.2, 0.25) is 0 Å². The molecule has 0 unspecified atom stereocenters. The fourth-order valence-electron chi connectivity index (χ4n) is 13.9. The van der Waals surface area contributed by atoms with Crippen LogP contribution in [0.3, 0.4) is 0 Å². The van der Waals surface area contributed by atoms with Crippen LogP contribution in [0.15, 0.2) is 181 Å². The third kappa shape index (κ3) is 35.6. The lowest BCUT2D eigenvalue weighted by Gasteiger charge is -2.14. The van der Waals surface area contributed by atoms with E-state index < -0.39 is 0 Å². The number of aromatic amines is 2. The van der Waals surface area contributed by atoms with E-state index in [4.69, 9.17) is 0 Å². The Hall–Kier alpha value is -8.26. The largest absolute Gasteiger partial charge is 0.345 e. The van der Waals surface area contributed by atoms with E-state index in [1.54, 1.807) is 22.7 Å². The van der Waals surface area contributed by atoms with Gasteiger partial charge in [-0.05, 0) is 170 Å². The molecule has 0 spiro atoms. The van der Waals surface area contributed by atoms with Crippen molar-refractivity contribution < 1.29 is 0 Å². The van der Waals surface area contributed by atoms with Gasteiger partial charge in [-0.2, -0.15) is 0 Å². The average molecular weight is 1830 g/mol. The van der Waals surface area contributed by atoms with Gasteiger partial charge >= 0.3 is 0 Å². The molecule has 0 aliphatic rings. The summed E-state index contributed by atoms with van der Waals surface area (Å²) in [5.41, 5.74) is 16.5. The lowest BCUT2D eigenvalue weighted by Crippen LogP contribution is -1.93. The van der Waals surface area contributed by atoms with E-state index in [2.05, 4.69) is 473 Å². The molecule has 708 valence electrons. The molecule has 0 radical (unpaired) electrons. The molecular weight excluding hydrogens is 1660 g/mol. The third-order valence-corrected chi connectivity index (χ3v) is 28.5. The summed E-state index contributed by atoms with van der Waals surface area (Å²) in [5.74, 6) is 13.8. The fourth-order valence-corrected chi connectivity index (χ4v) is 17.8. The van der Waals surface area contributed by atoms with Crippen molar-refractivity contribution in [3.05, 3.63) is 290 Å². The smallest absolute Gasteiger partial charge is 0.108 e. The topological polar surface area (TPSA) is 109 Å². The summed E-state index contributed by atoms with van der Waals surface area (Å²) in [6.45, 7) is 88.3. The van der Waals surface area contributed by atoms with Gasteiger partial charge in [0.1, 0.15) is 11.6 Å². The molecule has 0 amide bonds. The van der Waals surface area contributed by atoms with Gasteiger partial charge in [0, 0.05) is 92.2 Å². The van der Waals surface area contributed by atoms with E-state index in [1.165, 1.54) is 140 Å². The Labute approximate surface area is 807 Å². The van der Waals surface area contributed by atoms with Crippen LogP contribution in [-0.4, -0.2) is 39.9 Å². The first-order valence-corrected chi connectivity index (χ1v) is 52.4. The Morgan fingerprint density at radius 2 is 0.523 bits per heavy atom. The van der Waals surface area contributed by atoms with Gasteiger partial charge in [-0.1, -0.05) is 423 Å². The number of aromatic nitrogens is 8. The summed E-state index contributed by atoms with van der Waals surface area (Å²) in [7, 11) is 0. The minimum atomic E-state index is 0.502. The molecule has 0 aliphatic carbocycles. The van der Waals surface area contributed by atoms with Crippen LogP contribution >= 0.6 is 45.3 Å². The molecule has 0 fully saturated rings. The number of hydrogen-bond acceptors (Lipinski definition) is 10. The lowest BCUT2D eigenvalue weighted by atomic mass is 9.90. The van der Waals surface area contributed by atoms with Gasteiger partial charge in [-0.15, -0.1) is 45.3 Å². The molecule has 14 rings (SSSR count). The fraction of sp³-hybridized carbons (Fsp3) is 0.508. The van der Waals surface area contributed by atoms with Crippen molar-refractivity contribution >= 4 is 88.4 Å². The second-order valence-corrected chi connectivity index (χ2v) is 45.2. The maximum atomic E-state index is 4.53. The summed E-state index contributed by atoms with van der Waals surface area (Å²) in [5, 5.41) is 20.5. The quantitative estimate of drug-likeness (QED) is 0.0787. The second kappa shape index (κ2) is 54.8. The van der Waals surface area contributed by atoms with Gasteiger partial charge in [-0.25, -0.2) is 29.9 Å². The van der Waals surface area contributed by atoms with Crippen LogP contribution in [0.5, 0.6) is 0 Å². The predicted octanol–water partition coefficient (Wildman–Crippen LogP) is 39.2. The van der Waals surface area contributed by atoms with E-state index in [0.29, 0.717) is 118 Å². The van der Waals surface area contributed by atoms with Gasteiger partial charge < -0.3 is 9.97 Å². The molecular formula is C118H172N8S4. The number of rotatable bonds is 20. The van der Waals surface area contributed by atoms with Gasteiger partial charge in [0.05, 0.1) is 31.4 Å². The first-order chi connectivity index (χ1) is 61.0. The summed E-state index contributed by atoms with van der Waals surface area (Å²) in [6.07, 6.45) is 7.87. The maximum absolute atomic E-state index is 4.53. The minimum Gasteiger partial charge on any atom is -0.345 e. The van der Waals surface area contributed by atoms with Crippen molar-refractivity contribution in [1.29, 1.82) is 0 Å². The van der Waals surface area contributed by atoms with E-state index in [1.807, 2.05) is 47.5 Å². The minimum absolute atomic E-state index is 0.502. The van der Waals surface area contributed by atoms with E-state index in [9.17, 15) is 0 Å². The number of hydrogen-bond donors (Lipinski definition) is 2. The highest BCUT2D eigenvalue weighted by molar-refractivity contribution is 7.12. The first-order valence-electron chi connectivity index (χ1n) is 49.0. The molecule has 0 saturated carbocycles. The maximum Gasteiger partial charge on any atom is 0.108 e. The molecule has 2 N–H and O–H groups in total. The highest BCUT2D eigenvalue weighted by Crippen LogP contribution is 2.36. The van der Waals surface area contributed by atoms with Crippen LogP contribution in [-0.2, 0) is 0 Å². The van der Waals surface area contributed by atoms with E-state index >= 15 is 0 Å². The van der Waals surface area contributed by atoms with Crippen LogP contribution in [0.4, 0.5) is 0 Å². The number of thiazole rings is 4. The molecule has 6 heterocycles. The number of nitrogens with zero attached hydrogens (tertiary/aromatic N) is 6. The molecule has 14 aromatic rings. The number of fused-ring (bicyclic) bond motifs is 4. The van der Waals surface area contributed by atoms with Gasteiger partial charge in [-0.3, -0.25) is 0 Å². The highest BCUT2D eigenvalue weighted by Gasteiger charge is 2.17. The Morgan fingerprint density at radius 3 is 0.792 bits per heavy atom. The summed E-state index contributed by atoms with van der Waals surface area (Å²) in [4.78, 5) is 35.7. The van der Waals surface area contributed by atoms with Crippen LogP contribution < -0.4 is 0 Å². The predicted molar refractivity (Wildman–Crippen MR) is 583 cm³/mol. The molecule has 0 bridgehead atoms. The normalized spacial score (nSPS) is 11.5. The van der Waals surface area contributed by atoms with Crippen LogP contribution in [0, 0.1) is 0 Å². The zero-order chi connectivity index (χ0) is 97.4. The van der Waals surface area contributed by atoms with Crippen LogP contribution in [0.2, 0.25) is 0 Å².